The quantitative estimate of drug-likeness (QED) is 0.500. The van der Waals surface area contributed by atoms with E-state index in [1.165, 1.54) is 5.56 Å². The molecule has 21 heavy (non-hydrogen) atoms. The van der Waals surface area contributed by atoms with E-state index in [9.17, 15) is 0 Å². The Balaban J connectivity index is 1.63. The fraction of sp³-hybridized carbons (Fsp3) is 0.429. The van der Waals surface area contributed by atoms with Crippen LogP contribution in [0.2, 0.25) is 0 Å². The van der Waals surface area contributed by atoms with Gasteiger partial charge in [0.15, 0.2) is 10.2 Å². The number of hydrogen-bond donors (Lipinski definition) is 4. The van der Waals surface area contributed by atoms with E-state index in [2.05, 4.69) is 21.5 Å². The molecule has 0 aliphatic carbocycles. The zero-order valence-electron chi connectivity index (χ0n) is 11.9. The number of ether oxygens (including phenoxy) is 1. The zero-order chi connectivity index (χ0) is 15.1. The monoisotopic (exact) mass is 324 g/mol. The van der Waals surface area contributed by atoms with Gasteiger partial charge in [0.2, 0.25) is 0 Å². The van der Waals surface area contributed by atoms with Crippen LogP contribution < -0.4 is 21.5 Å². The second-order valence-electron chi connectivity index (χ2n) is 4.92. The Hall–Kier alpha value is -1.44. The lowest BCUT2D eigenvalue weighted by Crippen LogP contribution is -2.49. The summed E-state index contributed by atoms with van der Waals surface area (Å²) < 4.78 is 5.51. The molecule has 0 bridgehead atoms. The van der Waals surface area contributed by atoms with Gasteiger partial charge in [-0.25, -0.2) is 0 Å². The molecule has 0 radical (unpaired) electrons. The van der Waals surface area contributed by atoms with Gasteiger partial charge in [-0.1, -0.05) is 17.7 Å². The minimum Gasteiger partial charge on any atom is -0.376 e. The van der Waals surface area contributed by atoms with Crippen LogP contribution in [0.1, 0.15) is 18.4 Å². The SMILES string of the molecule is Cc1ccc(NC(=S)NNC(=S)NC[C@@H]2CCCO2)cc1. The normalized spacial score (nSPS) is 17.1. The molecular formula is C14H20N4OS2. The molecule has 114 valence electrons. The molecule has 0 unspecified atom stereocenters. The molecule has 5 nitrogen and oxygen atoms in total. The second-order valence-corrected chi connectivity index (χ2v) is 5.73. The van der Waals surface area contributed by atoms with Crippen LogP contribution in [0.25, 0.3) is 0 Å². The van der Waals surface area contributed by atoms with Crippen molar-refractivity contribution in [3.05, 3.63) is 29.8 Å². The average Bonchev–Trinajstić information content (AvgIpc) is 2.99. The molecule has 7 heteroatoms. The number of thiocarbonyl (C=S) groups is 2. The van der Waals surface area contributed by atoms with Gasteiger partial charge in [-0.15, -0.1) is 0 Å². The number of benzene rings is 1. The topological polar surface area (TPSA) is 57.3 Å². The van der Waals surface area contributed by atoms with E-state index in [1.807, 2.05) is 31.2 Å². The molecule has 0 amide bonds. The molecule has 1 aliphatic rings. The number of nitrogens with one attached hydrogen (secondary N) is 4. The van der Waals surface area contributed by atoms with Crippen LogP contribution in [0.4, 0.5) is 5.69 Å². The van der Waals surface area contributed by atoms with Crippen molar-refractivity contribution in [3.8, 4) is 0 Å². The Kier molecular flexibility index (Phi) is 6.16. The van der Waals surface area contributed by atoms with Crippen LogP contribution in [0, 0.1) is 6.92 Å². The molecular weight excluding hydrogens is 304 g/mol. The average molecular weight is 324 g/mol. The van der Waals surface area contributed by atoms with E-state index >= 15 is 0 Å². The largest absolute Gasteiger partial charge is 0.376 e. The summed E-state index contributed by atoms with van der Waals surface area (Å²) in [5.41, 5.74) is 7.83. The zero-order valence-corrected chi connectivity index (χ0v) is 13.6. The summed E-state index contributed by atoms with van der Waals surface area (Å²) in [4.78, 5) is 0. The Morgan fingerprint density at radius 1 is 1.19 bits per heavy atom. The highest BCUT2D eigenvalue weighted by molar-refractivity contribution is 7.80. The van der Waals surface area contributed by atoms with Gasteiger partial charge in [0.25, 0.3) is 0 Å². The van der Waals surface area contributed by atoms with Gasteiger partial charge >= 0.3 is 0 Å². The molecule has 0 saturated carbocycles. The first kappa shape index (κ1) is 15.9. The van der Waals surface area contributed by atoms with Crippen molar-refractivity contribution < 1.29 is 4.74 Å². The lowest BCUT2D eigenvalue weighted by Gasteiger charge is -2.16. The summed E-state index contributed by atoms with van der Waals surface area (Å²) in [6.45, 7) is 3.60. The molecule has 4 N–H and O–H groups in total. The van der Waals surface area contributed by atoms with Crippen molar-refractivity contribution in [3.63, 3.8) is 0 Å². The van der Waals surface area contributed by atoms with E-state index in [4.69, 9.17) is 29.2 Å². The fourth-order valence-corrected chi connectivity index (χ4v) is 2.27. The van der Waals surface area contributed by atoms with Gasteiger partial charge in [-0.2, -0.15) is 0 Å². The molecule has 0 aromatic heterocycles. The van der Waals surface area contributed by atoms with Crippen molar-refractivity contribution >= 4 is 40.3 Å². The molecule has 1 aromatic rings. The lowest BCUT2D eigenvalue weighted by atomic mass is 10.2. The van der Waals surface area contributed by atoms with E-state index in [0.717, 1.165) is 25.1 Å². The van der Waals surface area contributed by atoms with Crippen LogP contribution in [0.3, 0.4) is 0 Å². The summed E-state index contributed by atoms with van der Waals surface area (Å²) >= 11 is 10.3. The second kappa shape index (κ2) is 8.11. The van der Waals surface area contributed by atoms with E-state index in [-0.39, 0.29) is 6.10 Å². The molecule has 1 aliphatic heterocycles. The van der Waals surface area contributed by atoms with Gasteiger partial charge in [0.1, 0.15) is 0 Å². The Morgan fingerprint density at radius 3 is 2.57 bits per heavy atom. The Labute approximate surface area is 135 Å². The number of hydrogen-bond acceptors (Lipinski definition) is 3. The van der Waals surface area contributed by atoms with Crippen molar-refractivity contribution in [1.29, 1.82) is 0 Å². The maximum Gasteiger partial charge on any atom is 0.189 e. The summed E-state index contributed by atoms with van der Waals surface area (Å²) in [7, 11) is 0. The third-order valence-electron chi connectivity index (χ3n) is 3.11. The molecule has 1 aromatic carbocycles. The van der Waals surface area contributed by atoms with Crippen molar-refractivity contribution in [1.82, 2.24) is 16.2 Å². The third kappa shape index (κ3) is 5.82. The van der Waals surface area contributed by atoms with Crippen LogP contribution in [0.15, 0.2) is 24.3 Å². The summed E-state index contributed by atoms with van der Waals surface area (Å²) in [5.74, 6) is 0. The van der Waals surface area contributed by atoms with Gasteiger partial charge in [0, 0.05) is 18.8 Å². The van der Waals surface area contributed by atoms with Gasteiger partial charge in [-0.05, 0) is 56.3 Å². The minimum atomic E-state index is 0.252. The van der Waals surface area contributed by atoms with Gasteiger partial charge in [-0.3, -0.25) is 10.9 Å². The number of rotatable bonds is 3. The Morgan fingerprint density at radius 2 is 1.90 bits per heavy atom. The van der Waals surface area contributed by atoms with E-state index in [0.29, 0.717) is 16.8 Å². The first-order valence-corrected chi connectivity index (χ1v) is 7.74. The fourth-order valence-electron chi connectivity index (χ4n) is 1.97. The van der Waals surface area contributed by atoms with E-state index < -0.39 is 0 Å². The molecule has 1 fully saturated rings. The molecule has 1 heterocycles. The summed E-state index contributed by atoms with van der Waals surface area (Å²) in [6.07, 6.45) is 2.45. The van der Waals surface area contributed by atoms with E-state index in [1.54, 1.807) is 0 Å². The number of anilines is 1. The van der Waals surface area contributed by atoms with Crippen LogP contribution in [0.5, 0.6) is 0 Å². The lowest BCUT2D eigenvalue weighted by molar-refractivity contribution is 0.114. The predicted molar refractivity (Wildman–Crippen MR) is 93.2 cm³/mol. The van der Waals surface area contributed by atoms with Crippen molar-refractivity contribution in [2.75, 3.05) is 18.5 Å². The summed E-state index contributed by atoms with van der Waals surface area (Å²) in [6, 6.07) is 7.98. The van der Waals surface area contributed by atoms with Crippen molar-refractivity contribution in [2.45, 2.75) is 25.9 Å². The molecule has 0 spiro atoms. The molecule has 1 atom stereocenters. The highest BCUT2D eigenvalue weighted by Crippen LogP contribution is 2.10. The molecule has 1 saturated heterocycles. The highest BCUT2D eigenvalue weighted by atomic mass is 32.1. The van der Waals surface area contributed by atoms with Crippen molar-refractivity contribution in [2.24, 2.45) is 0 Å². The van der Waals surface area contributed by atoms with Gasteiger partial charge < -0.3 is 15.4 Å². The number of aryl methyl sites for hydroxylation is 1. The maximum atomic E-state index is 5.51. The standard InChI is InChI=1S/C14H20N4OS2/c1-10-4-6-11(7-5-10)16-14(21)18-17-13(20)15-9-12-3-2-8-19-12/h4-7,12H,2-3,8-9H2,1H3,(H2,15,17,20)(H2,16,18,21)/t12-/m0/s1. The first-order chi connectivity index (χ1) is 10.1. The number of hydrazine groups is 1. The van der Waals surface area contributed by atoms with Crippen LogP contribution in [-0.2, 0) is 4.74 Å². The Bertz CT molecular complexity index is 486. The van der Waals surface area contributed by atoms with Crippen LogP contribution in [-0.4, -0.2) is 29.5 Å². The summed E-state index contributed by atoms with van der Waals surface area (Å²) in [5, 5.41) is 7.12. The third-order valence-corrected chi connectivity index (χ3v) is 3.56. The minimum absolute atomic E-state index is 0.252. The van der Waals surface area contributed by atoms with Gasteiger partial charge in [0.05, 0.1) is 6.10 Å². The van der Waals surface area contributed by atoms with Crippen LogP contribution >= 0.6 is 24.4 Å². The predicted octanol–water partition coefficient (Wildman–Crippen LogP) is 1.84. The smallest absolute Gasteiger partial charge is 0.189 e. The highest BCUT2D eigenvalue weighted by Gasteiger charge is 2.15. The maximum absolute atomic E-state index is 5.51. The first-order valence-electron chi connectivity index (χ1n) is 6.92. The molecule has 2 rings (SSSR count).